The van der Waals surface area contributed by atoms with E-state index in [0.717, 1.165) is 16.6 Å². The van der Waals surface area contributed by atoms with Gasteiger partial charge in [-0.2, -0.15) is 0 Å². The van der Waals surface area contributed by atoms with E-state index in [4.69, 9.17) is 4.42 Å². The maximum absolute atomic E-state index is 10.6. The summed E-state index contributed by atoms with van der Waals surface area (Å²) in [6, 6.07) is 4.95. The summed E-state index contributed by atoms with van der Waals surface area (Å²) in [7, 11) is 0. The van der Waals surface area contributed by atoms with Gasteiger partial charge in [-0.3, -0.25) is 0 Å². The first kappa shape index (κ1) is 7.78. The van der Waals surface area contributed by atoms with Crippen molar-refractivity contribution >= 4 is 22.6 Å². The number of rotatable bonds is 2. The lowest BCUT2D eigenvalue weighted by molar-refractivity contribution is 0.466. The van der Waals surface area contributed by atoms with E-state index in [9.17, 15) is 4.79 Å². The molecule has 1 aromatic rings. The molecular formula is C7H7IO2. The van der Waals surface area contributed by atoms with Gasteiger partial charge in [0.05, 0.1) is 0 Å². The van der Waals surface area contributed by atoms with Crippen LogP contribution in [0.5, 0.6) is 0 Å². The van der Waals surface area contributed by atoms with Crippen molar-refractivity contribution in [2.24, 2.45) is 0 Å². The first-order chi connectivity index (χ1) is 4.83. The Bertz CT molecular complexity index is 254. The Balaban J connectivity index is 2.85. The quantitative estimate of drug-likeness (QED) is 0.589. The molecule has 2 nitrogen and oxygen atoms in total. The molecule has 0 aliphatic carbocycles. The van der Waals surface area contributed by atoms with E-state index >= 15 is 0 Å². The highest BCUT2D eigenvalue weighted by Gasteiger charge is 1.92. The second-order valence-corrected chi connectivity index (χ2v) is 2.93. The number of alkyl halides is 1. The molecule has 0 fully saturated rings. The van der Waals surface area contributed by atoms with Crippen molar-refractivity contribution in [3.8, 4) is 0 Å². The fraction of sp³-hybridized carbons (Fsp3) is 0.286. The third-order valence-corrected chi connectivity index (χ3v) is 1.63. The summed E-state index contributed by atoms with van der Waals surface area (Å²) in [6.07, 6.45) is 0.830. The highest BCUT2D eigenvalue weighted by Crippen LogP contribution is 1.97. The van der Waals surface area contributed by atoms with Gasteiger partial charge in [0, 0.05) is 16.9 Å². The Morgan fingerprint density at radius 3 is 2.90 bits per heavy atom. The van der Waals surface area contributed by atoms with Crippen molar-refractivity contribution in [1.29, 1.82) is 0 Å². The molecule has 0 aliphatic rings. The van der Waals surface area contributed by atoms with Crippen LogP contribution in [0.3, 0.4) is 0 Å². The molecule has 3 heteroatoms. The normalized spacial score (nSPS) is 9.70. The third kappa shape index (κ3) is 2.13. The summed E-state index contributed by atoms with van der Waals surface area (Å²) < 4.78 is 5.83. The van der Waals surface area contributed by atoms with Crippen LogP contribution in [0.1, 0.15) is 5.76 Å². The minimum absolute atomic E-state index is 0.262. The summed E-state index contributed by atoms with van der Waals surface area (Å²) in [4.78, 5) is 10.6. The second-order valence-electron chi connectivity index (χ2n) is 1.85. The van der Waals surface area contributed by atoms with Gasteiger partial charge in [-0.25, -0.2) is 4.79 Å². The molecule has 0 radical (unpaired) electrons. The van der Waals surface area contributed by atoms with Crippen LogP contribution in [0, 0.1) is 0 Å². The average molecular weight is 250 g/mol. The molecule has 0 saturated carbocycles. The molecule has 0 bridgehead atoms. The monoisotopic (exact) mass is 250 g/mol. The third-order valence-electron chi connectivity index (χ3n) is 1.09. The van der Waals surface area contributed by atoms with Crippen LogP contribution in [0.25, 0.3) is 0 Å². The Morgan fingerprint density at radius 2 is 2.30 bits per heavy atom. The van der Waals surface area contributed by atoms with Crippen LogP contribution < -0.4 is 5.63 Å². The summed E-state index contributed by atoms with van der Waals surface area (Å²) in [5, 5.41) is 0. The van der Waals surface area contributed by atoms with E-state index in [1.807, 2.05) is 6.07 Å². The number of hydrogen-bond acceptors (Lipinski definition) is 2. The first-order valence-electron chi connectivity index (χ1n) is 2.98. The molecule has 54 valence electrons. The second kappa shape index (κ2) is 3.75. The Morgan fingerprint density at radius 1 is 1.50 bits per heavy atom. The van der Waals surface area contributed by atoms with Gasteiger partial charge < -0.3 is 4.42 Å². The zero-order chi connectivity index (χ0) is 7.40. The maximum Gasteiger partial charge on any atom is 0.335 e. The van der Waals surface area contributed by atoms with Gasteiger partial charge in [0.15, 0.2) is 0 Å². The summed E-state index contributed by atoms with van der Waals surface area (Å²) in [5.74, 6) is 0.766. The maximum atomic E-state index is 10.6. The number of hydrogen-bond donors (Lipinski definition) is 0. The largest absolute Gasteiger partial charge is 0.428 e. The minimum atomic E-state index is -0.262. The highest BCUT2D eigenvalue weighted by atomic mass is 127. The van der Waals surface area contributed by atoms with E-state index in [1.54, 1.807) is 6.07 Å². The van der Waals surface area contributed by atoms with Crippen molar-refractivity contribution in [3.63, 3.8) is 0 Å². The van der Waals surface area contributed by atoms with E-state index in [2.05, 4.69) is 22.6 Å². The standard InChI is InChI=1S/C7H7IO2/c8-5-4-6-2-1-3-7(9)10-6/h1-3H,4-5H2. The SMILES string of the molecule is O=c1cccc(CCI)o1. The Hall–Kier alpha value is -0.320. The van der Waals surface area contributed by atoms with Crippen LogP contribution in [-0.4, -0.2) is 4.43 Å². The molecule has 1 aromatic heterocycles. The van der Waals surface area contributed by atoms with Gasteiger partial charge in [0.25, 0.3) is 0 Å². The van der Waals surface area contributed by atoms with Gasteiger partial charge in [-0.1, -0.05) is 28.7 Å². The van der Waals surface area contributed by atoms with E-state index < -0.39 is 0 Å². The predicted octanol–water partition coefficient (Wildman–Crippen LogP) is 1.62. The van der Waals surface area contributed by atoms with Gasteiger partial charge in [0.1, 0.15) is 5.76 Å². The zero-order valence-electron chi connectivity index (χ0n) is 5.34. The topological polar surface area (TPSA) is 30.2 Å². The first-order valence-corrected chi connectivity index (χ1v) is 4.50. The molecule has 0 unspecified atom stereocenters. The van der Waals surface area contributed by atoms with Crippen molar-refractivity contribution in [2.45, 2.75) is 6.42 Å². The molecule has 0 spiro atoms. The van der Waals surface area contributed by atoms with Crippen LogP contribution in [0.4, 0.5) is 0 Å². The lowest BCUT2D eigenvalue weighted by Crippen LogP contribution is -1.98. The molecule has 0 atom stereocenters. The van der Waals surface area contributed by atoms with Gasteiger partial charge in [-0.05, 0) is 6.07 Å². The molecule has 0 aromatic carbocycles. The molecule has 0 N–H and O–H groups in total. The summed E-state index contributed by atoms with van der Waals surface area (Å²) in [5.41, 5.74) is -0.262. The molecule has 0 aliphatic heterocycles. The molecule has 1 heterocycles. The lowest BCUT2D eigenvalue weighted by Gasteiger charge is -1.91. The van der Waals surface area contributed by atoms with Gasteiger partial charge in [-0.15, -0.1) is 0 Å². The molecule has 0 amide bonds. The van der Waals surface area contributed by atoms with Crippen molar-refractivity contribution in [2.75, 3.05) is 4.43 Å². The highest BCUT2D eigenvalue weighted by molar-refractivity contribution is 14.1. The van der Waals surface area contributed by atoms with Crippen LogP contribution >= 0.6 is 22.6 Å². The van der Waals surface area contributed by atoms with E-state index in [1.165, 1.54) is 6.07 Å². The predicted molar refractivity (Wildman–Crippen MR) is 47.6 cm³/mol. The van der Waals surface area contributed by atoms with Crippen LogP contribution in [-0.2, 0) is 6.42 Å². The lowest BCUT2D eigenvalue weighted by atomic mass is 10.3. The van der Waals surface area contributed by atoms with Gasteiger partial charge >= 0.3 is 5.63 Å². The Labute approximate surface area is 72.4 Å². The smallest absolute Gasteiger partial charge is 0.335 e. The number of aryl methyl sites for hydroxylation is 1. The number of halogens is 1. The molecule has 10 heavy (non-hydrogen) atoms. The van der Waals surface area contributed by atoms with Gasteiger partial charge in [0.2, 0.25) is 0 Å². The van der Waals surface area contributed by atoms with Crippen LogP contribution in [0.15, 0.2) is 27.4 Å². The summed E-state index contributed by atoms with van der Waals surface area (Å²) >= 11 is 2.24. The van der Waals surface area contributed by atoms with Crippen molar-refractivity contribution in [1.82, 2.24) is 0 Å². The molecular weight excluding hydrogens is 243 g/mol. The van der Waals surface area contributed by atoms with Crippen LogP contribution in [0.2, 0.25) is 0 Å². The average Bonchev–Trinajstić information content (AvgIpc) is 1.88. The van der Waals surface area contributed by atoms with E-state index in [0.29, 0.717) is 0 Å². The van der Waals surface area contributed by atoms with Crippen molar-refractivity contribution in [3.05, 3.63) is 34.4 Å². The molecule has 0 saturated heterocycles. The fourth-order valence-corrected chi connectivity index (χ4v) is 1.19. The zero-order valence-corrected chi connectivity index (χ0v) is 7.50. The molecule has 1 rings (SSSR count). The van der Waals surface area contributed by atoms with E-state index in [-0.39, 0.29) is 5.63 Å². The Kier molecular flexibility index (Phi) is 2.92. The summed E-state index contributed by atoms with van der Waals surface area (Å²) in [6.45, 7) is 0. The van der Waals surface area contributed by atoms with Crippen molar-refractivity contribution < 1.29 is 4.42 Å². The fourth-order valence-electron chi connectivity index (χ4n) is 0.659. The minimum Gasteiger partial charge on any atom is -0.428 e.